The van der Waals surface area contributed by atoms with Crippen molar-refractivity contribution < 1.29 is 8.42 Å². The van der Waals surface area contributed by atoms with E-state index in [0.717, 1.165) is 10.0 Å². The van der Waals surface area contributed by atoms with Crippen molar-refractivity contribution in [1.29, 1.82) is 0 Å². The van der Waals surface area contributed by atoms with Crippen LogP contribution >= 0.6 is 47.8 Å². The zero-order valence-electron chi connectivity index (χ0n) is 9.30. The molecule has 0 aliphatic heterocycles. The molecule has 0 saturated heterocycles. The lowest BCUT2D eigenvalue weighted by Gasteiger charge is -2.11. The summed E-state index contributed by atoms with van der Waals surface area (Å²) in [4.78, 5) is 0.327. The molecule has 1 aromatic rings. The Morgan fingerprint density at radius 3 is 2.41 bits per heavy atom. The third kappa shape index (κ3) is 4.31. The molecule has 0 bridgehead atoms. The molecule has 0 spiro atoms. The maximum Gasteiger partial charge on any atom is 0.241 e. The molecule has 0 saturated carbocycles. The van der Waals surface area contributed by atoms with Crippen LogP contribution in [0.5, 0.6) is 0 Å². The van der Waals surface area contributed by atoms with Gasteiger partial charge in [0, 0.05) is 20.3 Å². The first-order valence-corrected chi connectivity index (χ1v) is 8.82. The van der Waals surface area contributed by atoms with Gasteiger partial charge in [-0.2, -0.15) is 0 Å². The second-order valence-corrected chi connectivity index (χ2v) is 8.67. The number of nitrogens with one attached hydrogen (secondary N) is 1. The van der Waals surface area contributed by atoms with E-state index in [4.69, 9.17) is 0 Å². The van der Waals surface area contributed by atoms with E-state index in [-0.39, 0.29) is 9.72 Å². The largest absolute Gasteiger partial charge is 0.241 e. The van der Waals surface area contributed by atoms with Crippen LogP contribution in [0.4, 0.5) is 0 Å². The number of hydrogen-bond acceptors (Lipinski definition) is 2. The molecule has 1 atom stereocenters. The lowest BCUT2D eigenvalue weighted by Crippen LogP contribution is -2.28. The van der Waals surface area contributed by atoms with Gasteiger partial charge in [0.25, 0.3) is 0 Å². The van der Waals surface area contributed by atoms with E-state index < -0.39 is 10.0 Å². The van der Waals surface area contributed by atoms with Gasteiger partial charge in [0.15, 0.2) is 0 Å². The Labute approximate surface area is 127 Å². The van der Waals surface area contributed by atoms with E-state index in [1.54, 1.807) is 12.1 Å². The number of aryl methyl sites for hydroxylation is 1. The van der Waals surface area contributed by atoms with E-state index in [9.17, 15) is 8.42 Å². The Morgan fingerprint density at radius 2 is 1.88 bits per heavy atom. The number of hydrogen-bond donors (Lipinski definition) is 1. The van der Waals surface area contributed by atoms with E-state index in [0.29, 0.717) is 11.0 Å². The van der Waals surface area contributed by atoms with Crippen molar-refractivity contribution in [3.05, 3.63) is 26.6 Å². The zero-order valence-corrected chi connectivity index (χ0v) is 14.9. The molecule has 0 heterocycles. The lowest BCUT2D eigenvalue weighted by atomic mass is 10.2. The average Bonchev–Trinajstić information content (AvgIpc) is 2.20. The topological polar surface area (TPSA) is 46.2 Å². The molecule has 0 fully saturated rings. The van der Waals surface area contributed by atoms with Crippen LogP contribution in [0.2, 0.25) is 0 Å². The van der Waals surface area contributed by atoms with Gasteiger partial charge in [-0.25, -0.2) is 13.1 Å². The van der Waals surface area contributed by atoms with Crippen LogP contribution in [0, 0.1) is 6.92 Å². The molecule has 96 valence electrons. The maximum absolute atomic E-state index is 12.0. The van der Waals surface area contributed by atoms with Gasteiger partial charge in [-0.3, -0.25) is 0 Å². The molecule has 1 aromatic carbocycles. The molecule has 0 radical (unpaired) electrons. The Kier molecular flexibility index (Phi) is 5.65. The predicted octanol–water partition coefficient (Wildman–Crippen LogP) is 3.58. The van der Waals surface area contributed by atoms with Crippen molar-refractivity contribution in [1.82, 2.24) is 4.72 Å². The van der Waals surface area contributed by atoms with Gasteiger partial charge in [-0.05, 0) is 40.5 Å². The summed E-state index contributed by atoms with van der Waals surface area (Å²) in [5.41, 5.74) is 0.977. The highest BCUT2D eigenvalue weighted by atomic mass is 79.9. The van der Waals surface area contributed by atoms with Crippen molar-refractivity contribution >= 4 is 57.8 Å². The molecular formula is C10H12Br3NO2S. The summed E-state index contributed by atoms with van der Waals surface area (Å²) < 4.78 is 27.9. The molecule has 17 heavy (non-hydrogen) atoms. The van der Waals surface area contributed by atoms with Crippen LogP contribution in [0.1, 0.15) is 12.5 Å². The van der Waals surface area contributed by atoms with Crippen LogP contribution in [0.15, 0.2) is 26.0 Å². The summed E-state index contributed by atoms with van der Waals surface area (Å²) in [6.07, 6.45) is 0. The Hall–Kier alpha value is 0.570. The SMILES string of the molecule is Cc1cc(Br)c(S(=O)(=O)NCC(C)Br)cc1Br. The standard InChI is InChI=1S/C10H12Br3NO2S/c1-6-3-9(13)10(4-8(6)12)17(15,16)14-5-7(2)11/h3-4,7,14H,5H2,1-2H3. The van der Waals surface area contributed by atoms with Crippen molar-refractivity contribution in [2.45, 2.75) is 23.6 Å². The fourth-order valence-corrected chi connectivity index (χ4v) is 4.32. The van der Waals surface area contributed by atoms with Crippen LogP contribution in [-0.2, 0) is 10.0 Å². The maximum atomic E-state index is 12.0. The molecule has 1 unspecified atom stereocenters. The summed E-state index contributed by atoms with van der Waals surface area (Å²) in [6, 6.07) is 3.37. The normalized spacial score (nSPS) is 13.7. The fraction of sp³-hybridized carbons (Fsp3) is 0.400. The molecular weight excluding hydrogens is 438 g/mol. The van der Waals surface area contributed by atoms with E-state index in [1.807, 2.05) is 13.8 Å². The van der Waals surface area contributed by atoms with Gasteiger partial charge in [0.2, 0.25) is 10.0 Å². The van der Waals surface area contributed by atoms with E-state index >= 15 is 0 Å². The summed E-state index contributed by atoms with van der Waals surface area (Å²) in [5.74, 6) is 0. The summed E-state index contributed by atoms with van der Waals surface area (Å²) in [6.45, 7) is 4.13. The van der Waals surface area contributed by atoms with Crippen molar-refractivity contribution in [3.63, 3.8) is 0 Å². The molecule has 0 aromatic heterocycles. The third-order valence-electron chi connectivity index (χ3n) is 2.06. The van der Waals surface area contributed by atoms with Crippen molar-refractivity contribution in [2.75, 3.05) is 6.54 Å². The predicted molar refractivity (Wildman–Crippen MR) is 80.2 cm³/mol. The summed E-state index contributed by atoms with van der Waals surface area (Å²) in [5, 5.41) is 0. The number of sulfonamides is 1. The minimum Gasteiger partial charge on any atom is -0.210 e. The third-order valence-corrected chi connectivity index (χ3v) is 5.62. The first kappa shape index (κ1) is 15.6. The number of rotatable bonds is 4. The van der Waals surface area contributed by atoms with Crippen LogP contribution in [0.3, 0.4) is 0 Å². The minimum atomic E-state index is -3.48. The summed E-state index contributed by atoms with van der Waals surface area (Å²) in [7, 11) is -3.48. The average molecular weight is 450 g/mol. The number of alkyl halides is 1. The molecule has 1 rings (SSSR count). The highest BCUT2D eigenvalue weighted by Crippen LogP contribution is 2.28. The van der Waals surface area contributed by atoms with Gasteiger partial charge in [0.05, 0.1) is 4.90 Å². The van der Waals surface area contributed by atoms with Gasteiger partial charge >= 0.3 is 0 Å². The highest BCUT2D eigenvalue weighted by Gasteiger charge is 2.19. The minimum absolute atomic E-state index is 0.0879. The Morgan fingerprint density at radius 1 is 1.29 bits per heavy atom. The Bertz CT molecular complexity index is 515. The smallest absolute Gasteiger partial charge is 0.210 e. The van der Waals surface area contributed by atoms with E-state index in [2.05, 4.69) is 52.5 Å². The van der Waals surface area contributed by atoms with Crippen LogP contribution in [-0.4, -0.2) is 19.8 Å². The van der Waals surface area contributed by atoms with Gasteiger partial charge in [-0.1, -0.05) is 38.8 Å². The number of halogens is 3. The molecule has 0 amide bonds. The fourth-order valence-electron chi connectivity index (χ4n) is 1.14. The quantitative estimate of drug-likeness (QED) is 0.714. The van der Waals surface area contributed by atoms with Crippen LogP contribution < -0.4 is 4.72 Å². The molecule has 0 aliphatic carbocycles. The monoisotopic (exact) mass is 447 g/mol. The second kappa shape index (κ2) is 6.14. The highest BCUT2D eigenvalue weighted by molar-refractivity contribution is 9.11. The van der Waals surface area contributed by atoms with Crippen LogP contribution in [0.25, 0.3) is 0 Å². The van der Waals surface area contributed by atoms with Gasteiger partial charge in [0.1, 0.15) is 0 Å². The molecule has 0 aliphatic rings. The van der Waals surface area contributed by atoms with Crippen molar-refractivity contribution in [2.24, 2.45) is 0 Å². The molecule has 3 nitrogen and oxygen atoms in total. The second-order valence-electron chi connectivity index (χ2n) is 3.66. The Balaban J connectivity index is 3.11. The zero-order chi connectivity index (χ0) is 13.2. The summed E-state index contributed by atoms with van der Waals surface area (Å²) >= 11 is 9.90. The number of benzene rings is 1. The van der Waals surface area contributed by atoms with Crippen molar-refractivity contribution in [3.8, 4) is 0 Å². The lowest BCUT2D eigenvalue weighted by molar-refractivity contribution is 0.581. The first-order valence-electron chi connectivity index (χ1n) is 4.83. The van der Waals surface area contributed by atoms with Gasteiger partial charge < -0.3 is 0 Å². The first-order chi connectivity index (χ1) is 7.74. The molecule has 1 N–H and O–H groups in total. The van der Waals surface area contributed by atoms with E-state index in [1.165, 1.54) is 0 Å². The van der Waals surface area contributed by atoms with Gasteiger partial charge in [-0.15, -0.1) is 0 Å². The molecule has 7 heteroatoms.